The number of hydrogen-bond acceptors (Lipinski definition) is 1. The monoisotopic (exact) mass is 815 g/mol. The van der Waals surface area contributed by atoms with E-state index >= 15 is 0 Å². The normalized spacial score (nSPS) is 12.7. The van der Waals surface area contributed by atoms with Crippen LogP contribution in [0.5, 0.6) is 0 Å². The minimum atomic E-state index is -0.188. The molecule has 0 saturated heterocycles. The molecule has 0 N–H and O–H groups in total. The summed E-state index contributed by atoms with van der Waals surface area (Å²) in [5.41, 5.74) is 18.1. The van der Waals surface area contributed by atoms with Crippen LogP contribution in [0.2, 0.25) is 0 Å². The summed E-state index contributed by atoms with van der Waals surface area (Å²) in [5.74, 6) is 0. The third kappa shape index (κ3) is 6.08. The van der Waals surface area contributed by atoms with Crippen molar-refractivity contribution >= 4 is 49.4 Å². The Hall–Kier alpha value is -8.00. The van der Waals surface area contributed by atoms with Crippen LogP contribution in [0.4, 0.5) is 17.1 Å². The molecule has 0 bridgehead atoms. The van der Waals surface area contributed by atoms with Gasteiger partial charge in [0.05, 0.1) is 5.69 Å². The smallest absolute Gasteiger partial charge is 0.0625 e. The van der Waals surface area contributed by atoms with Gasteiger partial charge < -0.3 is 4.90 Å². The first-order valence-corrected chi connectivity index (χ1v) is 22.3. The molecule has 0 aromatic heterocycles. The predicted molar refractivity (Wildman–Crippen MR) is 273 cm³/mol. The molecule has 0 amide bonds. The molecular weight excluding hydrogens is 771 g/mol. The molecule has 1 aliphatic rings. The Morgan fingerprint density at radius 3 is 1.41 bits per heavy atom. The number of fused-ring (bicyclic) bond motifs is 7. The zero-order valence-electron chi connectivity index (χ0n) is 36.0. The average molecular weight is 816 g/mol. The SMILES string of the molecule is CC1(C)c2ccccc2-c2ccc(N(c3cc(-c4ccccc4)cc(-c4ccccc4)c3)c3c(-c4cccc5c(-c6ccccc6)cccc45)c4ccccc4c4ccccc34)cc21. The van der Waals surface area contributed by atoms with Crippen LogP contribution in [-0.2, 0) is 5.41 Å². The van der Waals surface area contributed by atoms with E-state index in [-0.39, 0.29) is 5.41 Å². The highest BCUT2D eigenvalue weighted by Crippen LogP contribution is 2.55. The third-order valence-corrected chi connectivity index (χ3v) is 13.6. The van der Waals surface area contributed by atoms with Gasteiger partial charge >= 0.3 is 0 Å². The molecule has 0 spiro atoms. The van der Waals surface area contributed by atoms with Crippen molar-refractivity contribution in [3.05, 3.63) is 248 Å². The number of hydrogen-bond donors (Lipinski definition) is 0. The fraction of sp³-hybridized carbons (Fsp3) is 0.0476. The zero-order valence-corrected chi connectivity index (χ0v) is 36.0. The van der Waals surface area contributed by atoms with Crippen LogP contribution >= 0.6 is 0 Å². The number of rotatable bonds is 7. The Balaban J connectivity index is 1.24. The number of nitrogens with zero attached hydrogens (tertiary/aromatic N) is 1. The van der Waals surface area contributed by atoms with E-state index in [9.17, 15) is 0 Å². The Bertz CT molecular complexity index is 3510. The molecular formula is C63H45N. The second-order valence-corrected chi connectivity index (χ2v) is 17.6. The first-order chi connectivity index (χ1) is 31.5. The zero-order chi connectivity index (χ0) is 42.8. The summed E-state index contributed by atoms with van der Waals surface area (Å²) in [7, 11) is 0. The lowest BCUT2D eigenvalue weighted by Gasteiger charge is -2.33. The van der Waals surface area contributed by atoms with E-state index in [2.05, 4.69) is 255 Å². The van der Waals surface area contributed by atoms with E-state index in [1.54, 1.807) is 0 Å². The Labute approximate surface area is 375 Å². The lowest BCUT2D eigenvalue weighted by Crippen LogP contribution is -2.17. The van der Waals surface area contributed by atoms with Crippen molar-refractivity contribution in [2.45, 2.75) is 19.3 Å². The molecule has 0 heterocycles. The highest BCUT2D eigenvalue weighted by atomic mass is 15.1. The Kier molecular flexibility index (Phi) is 8.91. The molecule has 11 aromatic rings. The Morgan fingerprint density at radius 1 is 0.281 bits per heavy atom. The second-order valence-electron chi connectivity index (χ2n) is 17.6. The predicted octanol–water partition coefficient (Wildman–Crippen LogP) is 17.6. The molecule has 64 heavy (non-hydrogen) atoms. The van der Waals surface area contributed by atoms with Crippen LogP contribution in [-0.4, -0.2) is 0 Å². The lowest BCUT2D eigenvalue weighted by atomic mass is 9.82. The molecule has 11 aromatic carbocycles. The minimum absolute atomic E-state index is 0.188. The summed E-state index contributed by atoms with van der Waals surface area (Å²) in [5, 5.41) is 7.33. The second kappa shape index (κ2) is 15.1. The van der Waals surface area contributed by atoms with Crippen molar-refractivity contribution in [2.24, 2.45) is 0 Å². The minimum Gasteiger partial charge on any atom is -0.309 e. The third-order valence-electron chi connectivity index (χ3n) is 13.6. The van der Waals surface area contributed by atoms with Crippen molar-refractivity contribution in [1.82, 2.24) is 0 Å². The summed E-state index contributed by atoms with van der Waals surface area (Å²) < 4.78 is 0. The summed E-state index contributed by atoms with van der Waals surface area (Å²) in [6.45, 7) is 4.76. The van der Waals surface area contributed by atoms with E-state index in [1.807, 2.05) is 0 Å². The van der Waals surface area contributed by atoms with Gasteiger partial charge in [-0.15, -0.1) is 0 Å². The fourth-order valence-electron chi connectivity index (χ4n) is 10.6. The molecule has 0 aliphatic heterocycles. The molecule has 1 aliphatic carbocycles. The van der Waals surface area contributed by atoms with Crippen molar-refractivity contribution in [3.63, 3.8) is 0 Å². The summed E-state index contributed by atoms with van der Waals surface area (Å²) in [6, 6.07) is 87.5. The highest BCUT2D eigenvalue weighted by molar-refractivity contribution is 6.25. The van der Waals surface area contributed by atoms with Crippen molar-refractivity contribution in [3.8, 4) is 55.6 Å². The van der Waals surface area contributed by atoms with Gasteiger partial charge in [-0.25, -0.2) is 0 Å². The van der Waals surface area contributed by atoms with Gasteiger partial charge in [0.1, 0.15) is 0 Å². The molecule has 0 fully saturated rings. The maximum atomic E-state index is 2.59. The van der Waals surface area contributed by atoms with Crippen LogP contribution in [0, 0.1) is 0 Å². The molecule has 302 valence electrons. The first-order valence-electron chi connectivity index (χ1n) is 22.3. The lowest BCUT2D eigenvalue weighted by molar-refractivity contribution is 0.660. The first kappa shape index (κ1) is 37.7. The summed E-state index contributed by atoms with van der Waals surface area (Å²) in [4.78, 5) is 2.59. The van der Waals surface area contributed by atoms with Crippen LogP contribution < -0.4 is 4.90 Å². The number of anilines is 3. The van der Waals surface area contributed by atoms with Gasteiger partial charge in [0.15, 0.2) is 0 Å². The molecule has 0 atom stereocenters. The highest BCUT2D eigenvalue weighted by Gasteiger charge is 2.36. The van der Waals surface area contributed by atoms with Crippen molar-refractivity contribution in [2.75, 3.05) is 4.90 Å². The van der Waals surface area contributed by atoms with Gasteiger partial charge in [-0.05, 0) is 118 Å². The number of benzene rings is 11. The van der Waals surface area contributed by atoms with E-state index in [0.29, 0.717) is 0 Å². The largest absolute Gasteiger partial charge is 0.309 e. The molecule has 12 rings (SSSR count). The molecule has 0 unspecified atom stereocenters. The van der Waals surface area contributed by atoms with Gasteiger partial charge in [-0.1, -0.05) is 220 Å². The quantitative estimate of drug-likeness (QED) is 0.145. The summed E-state index contributed by atoms with van der Waals surface area (Å²) >= 11 is 0. The van der Waals surface area contributed by atoms with E-state index in [4.69, 9.17) is 0 Å². The van der Waals surface area contributed by atoms with Crippen LogP contribution in [0.25, 0.3) is 88.0 Å². The van der Waals surface area contributed by atoms with Gasteiger partial charge in [0, 0.05) is 27.7 Å². The molecule has 0 radical (unpaired) electrons. The average Bonchev–Trinajstić information content (AvgIpc) is 3.59. The van der Waals surface area contributed by atoms with E-state index in [1.165, 1.54) is 99.1 Å². The van der Waals surface area contributed by atoms with Crippen LogP contribution in [0.3, 0.4) is 0 Å². The molecule has 1 heteroatoms. The molecule has 1 nitrogen and oxygen atoms in total. The van der Waals surface area contributed by atoms with Crippen LogP contribution in [0.15, 0.2) is 237 Å². The maximum Gasteiger partial charge on any atom is 0.0625 e. The topological polar surface area (TPSA) is 3.24 Å². The molecule has 0 saturated carbocycles. The van der Waals surface area contributed by atoms with Gasteiger partial charge in [0.25, 0.3) is 0 Å². The maximum absolute atomic E-state index is 2.59. The van der Waals surface area contributed by atoms with E-state index < -0.39 is 0 Å². The van der Waals surface area contributed by atoms with Gasteiger partial charge in [-0.2, -0.15) is 0 Å². The Morgan fingerprint density at radius 2 is 0.750 bits per heavy atom. The van der Waals surface area contributed by atoms with Gasteiger partial charge in [0.2, 0.25) is 0 Å². The van der Waals surface area contributed by atoms with Crippen molar-refractivity contribution < 1.29 is 0 Å². The fourth-order valence-corrected chi connectivity index (χ4v) is 10.6. The van der Waals surface area contributed by atoms with E-state index in [0.717, 1.165) is 17.1 Å². The summed E-state index contributed by atoms with van der Waals surface area (Å²) in [6.07, 6.45) is 0. The standard InChI is InChI=1S/C63H45N/c1-63(2)59-35-17-16-28-54(59)55-37-36-47(41-60(55)63)64(48-39-45(42-20-6-3-7-21-42)38-46(40-48)43-22-8-4-9-23-43)62-58-30-15-13-27-53(58)51-26-12-14-29-56(51)61(62)57-34-19-32-50-49(31-18-33-52(50)57)44-24-10-5-11-25-44/h3-41H,1-2H3. The van der Waals surface area contributed by atoms with Crippen molar-refractivity contribution in [1.29, 1.82) is 0 Å². The van der Waals surface area contributed by atoms with Gasteiger partial charge in [-0.3, -0.25) is 0 Å². The van der Waals surface area contributed by atoms with Crippen LogP contribution in [0.1, 0.15) is 25.0 Å².